The number of thiocarbonyl (C=S) groups is 1. The van der Waals surface area contributed by atoms with E-state index in [1.807, 2.05) is 71.2 Å². The van der Waals surface area contributed by atoms with Crippen molar-refractivity contribution in [2.45, 2.75) is 32.4 Å². The lowest BCUT2D eigenvalue weighted by Gasteiger charge is -2.13. The van der Waals surface area contributed by atoms with Gasteiger partial charge in [0.25, 0.3) is 0 Å². The van der Waals surface area contributed by atoms with Crippen LogP contribution in [-0.4, -0.2) is 26.3 Å². The summed E-state index contributed by atoms with van der Waals surface area (Å²) in [5.41, 5.74) is 7.00. The second-order valence-corrected chi connectivity index (χ2v) is 10.7. The fourth-order valence-electron chi connectivity index (χ4n) is 5.21. The standard InChI is InChI=1S/C30H27Cl2N5OS/c1-38-22-15-13-21(14-16-22)34-29(39)28-27(23-6-2-3-8-25(23)32)24-7-4-5-17-36-26(35-37(28)30(24)36)18-33-20-11-9-19(31)10-12-20/h2-3,6,8-16,33H,4-5,7,17-18H2,1H3,(H,34,39). The molecule has 0 fully saturated rings. The number of aryl methyl sites for hydroxylation is 2. The number of ether oxygens (including phenoxy) is 1. The molecule has 0 amide bonds. The van der Waals surface area contributed by atoms with Crippen LogP contribution in [-0.2, 0) is 19.5 Å². The zero-order valence-corrected chi connectivity index (χ0v) is 23.7. The normalized spacial score (nSPS) is 12.8. The van der Waals surface area contributed by atoms with Crippen LogP contribution in [0.5, 0.6) is 5.75 Å². The maximum atomic E-state index is 6.78. The minimum atomic E-state index is 0.572. The average molecular weight is 577 g/mol. The molecule has 0 aliphatic carbocycles. The van der Waals surface area contributed by atoms with Gasteiger partial charge in [0, 0.05) is 44.7 Å². The van der Waals surface area contributed by atoms with E-state index < -0.39 is 0 Å². The molecule has 5 aromatic rings. The van der Waals surface area contributed by atoms with Crippen molar-refractivity contribution >= 4 is 57.4 Å². The van der Waals surface area contributed by atoms with Gasteiger partial charge in [-0.25, -0.2) is 4.52 Å². The van der Waals surface area contributed by atoms with E-state index in [0.29, 0.717) is 21.6 Å². The number of methoxy groups -OCH3 is 1. The Morgan fingerprint density at radius 2 is 1.72 bits per heavy atom. The van der Waals surface area contributed by atoms with Gasteiger partial charge in [-0.2, -0.15) is 5.10 Å². The lowest BCUT2D eigenvalue weighted by molar-refractivity contribution is 0.415. The molecule has 0 saturated carbocycles. The highest BCUT2D eigenvalue weighted by Crippen LogP contribution is 2.40. The summed E-state index contributed by atoms with van der Waals surface area (Å²) in [6.07, 6.45) is 3.06. The zero-order chi connectivity index (χ0) is 26.9. The molecule has 0 spiro atoms. The third kappa shape index (κ3) is 4.98. The number of anilines is 2. The van der Waals surface area contributed by atoms with Gasteiger partial charge in [0.1, 0.15) is 22.1 Å². The van der Waals surface area contributed by atoms with Crippen molar-refractivity contribution in [3.8, 4) is 16.9 Å². The second-order valence-electron chi connectivity index (χ2n) is 9.49. The van der Waals surface area contributed by atoms with Gasteiger partial charge in [0.2, 0.25) is 0 Å². The SMILES string of the molecule is COc1ccc(NC(=S)c2c(-c3ccccc3Cl)c3c4n(c(CNc5ccc(Cl)cc5)nn24)CCCC3)cc1. The molecule has 1 aliphatic rings. The summed E-state index contributed by atoms with van der Waals surface area (Å²) in [7, 11) is 1.65. The van der Waals surface area contributed by atoms with Crippen LogP contribution in [0, 0.1) is 0 Å². The number of rotatable bonds is 7. The molecule has 2 aromatic heterocycles. The zero-order valence-electron chi connectivity index (χ0n) is 21.4. The highest BCUT2D eigenvalue weighted by molar-refractivity contribution is 7.81. The van der Waals surface area contributed by atoms with E-state index in [1.54, 1.807) is 7.11 Å². The van der Waals surface area contributed by atoms with Crippen molar-refractivity contribution < 1.29 is 4.74 Å². The number of benzene rings is 3. The Morgan fingerprint density at radius 1 is 0.974 bits per heavy atom. The Kier molecular flexibility index (Phi) is 7.21. The van der Waals surface area contributed by atoms with Crippen LogP contribution in [0.15, 0.2) is 72.8 Å². The number of nitrogens with one attached hydrogen (secondary N) is 2. The summed E-state index contributed by atoms with van der Waals surface area (Å²) in [6, 6.07) is 23.4. The molecule has 0 atom stereocenters. The summed E-state index contributed by atoms with van der Waals surface area (Å²) >= 11 is 18.9. The molecular weight excluding hydrogens is 549 g/mol. The summed E-state index contributed by atoms with van der Waals surface area (Å²) in [5.74, 6) is 1.73. The molecule has 2 N–H and O–H groups in total. The lowest BCUT2D eigenvalue weighted by Crippen LogP contribution is -2.15. The largest absolute Gasteiger partial charge is 0.497 e. The van der Waals surface area contributed by atoms with Crippen molar-refractivity contribution in [3.63, 3.8) is 0 Å². The van der Waals surface area contributed by atoms with Crippen molar-refractivity contribution in [2.24, 2.45) is 0 Å². The first-order valence-electron chi connectivity index (χ1n) is 12.9. The number of nitrogens with zero attached hydrogens (tertiary/aromatic N) is 3. The van der Waals surface area contributed by atoms with Crippen LogP contribution in [0.2, 0.25) is 10.0 Å². The molecule has 39 heavy (non-hydrogen) atoms. The van der Waals surface area contributed by atoms with Crippen molar-refractivity contribution in [1.82, 2.24) is 14.2 Å². The number of hydrogen-bond donors (Lipinski definition) is 2. The molecule has 6 nitrogen and oxygen atoms in total. The van der Waals surface area contributed by atoms with E-state index in [-0.39, 0.29) is 0 Å². The molecule has 198 valence electrons. The topological polar surface area (TPSA) is 55.5 Å². The summed E-state index contributed by atoms with van der Waals surface area (Å²) in [6.45, 7) is 1.46. The van der Waals surface area contributed by atoms with Crippen LogP contribution in [0.1, 0.15) is 29.9 Å². The maximum absolute atomic E-state index is 6.78. The van der Waals surface area contributed by atoms with E-state index in [9.17, 15) is 0 Å². The van der Waals surface area contributed by atoms with Crippen LogP contribution in [0.3, 0.4) is 0 Å². The minimum absolute atomic E-state index is 0.572. The average Bonchev–Trinajstić information content (AvgIpc) is 3.35. The predicted molar refractivity (Wildman–Crippen MR) is 164 cm³/mol. The molecule has 1 aliphatic heterocycles. The number of aromatic nitrogens is 3. The third-order valence-corrected chi connectivity index (χ3v) is 7.94. The van der Waals surface area contributed by atoms with Crippen molar-refractivity contribution in [2.75, 3.05) is 17.7 Å². The van der Waals surface area contributed by atoms with Crippen LogP contribution in [0.4, 0.5) is 11.4 Å². The Morgan fingerprint density at radius 3 is 2.46 bits per heavy atom. The van der Waals surface area contributed by atoms with Gasteiger partial charge in [0.05, 0.1) is 13.7 Å². The van der Waals surface area contributed by atoms with Crippen molar-refractivity contribution in [1.29, 1.82) is 0 Å². The summed E-state index contributed by atoms with van der Waals surface area (Å²) < 4.78 is 9.65. The molecular formula is C30H27Cl2N5OS. The van der Waals surface area contributed by atoms with Gasteiger partial charge in [-0.05, 0) is 73.9 Å². The van der Waals surface area contributed by atoms with E-state index >= 15 is 0 Å². The smallest absolute Gasteiger partial charge is 0.150 e. The van der Waals surface area contributed by atoms with Gasteiger partial charge in [-0.3, -0.25) is 0 Å². The fraction of sp³-hybridized carbons (Fsp3) is 0.200. The van der Waals surface area contributed by atoms with Crippen LogP contribution >= 0.6 is 35.4 Å². The third-order valence-electron chi connectivity index (χ3n) is 7.06. The van der Waals surface area contributed by atoms with Crippen LogP contribution in [0.25, 0.3) is 16.8 Å². The molecule has 0 unspecified atom stereocenters. The van der Waals surface area contributed by atoms with Crippen LogP contribution < -0.4 is 15.4 Å². The Hall–Kier alpha value is -3.52. The maximum Gasteiger partial charge on any atom is 0.150 e. The Bertz CT molecular complexity index is 1660. The number of halogens is 2. The molecule has 3 heterocycles. The van der Waals surface area contributed by atoms with Gasteiger partial charge >= 0.3 is 0 Å². The number of hydrogen-bond acceptors (Lipinski definition) is 4. The summed E-state index contributed by atoms with van der Waals surface area (Å²) in [5, 5.41) is 13.5. The minimum Gasteiger partial charge on any atom is -0.497 e. The first-order chi connectivity index (χ1) is 19.0. The van der Waals surface area contributed by atoms with E-state index in [2.05, 4.69) is 21.3 Å². The Balaban J connectivity index is 1.48. The lowest BCUT2D eigenvalue weighted by atomic mass is 9.98. The highest BCUT2D eigenvalue weighted by Gasteiger charge is 2.29. The van der Waals surface area contributed by atoms with Gasteiger partial charge in [-0.15, -0.1) is 0 Å². The molecule has 0 bridgehead atoms. The highest BCUT2D eigenvalue weighted by atomic mass is 35.5. The van der Waals surface area contributed by atoms with Gasteiger partial charge in [0.15, 0.2) is 5.82 Å². The fourth-order valence-corrected chi connectivity index (χ4v) is 5.87. The first kappa shape index (κ1) is 25.7. The quantitative estimate of drug-likeness (QED) is 0.193. The van der Waals surface area contributed by atoms with Gasteiger partial charge < -0.3 is 19.9 Å². The molecule has 0 saturated heterocycles. The molecule has 0 radical (unpaired) electrons. The Labute approximate surface area is 242 Å². The van der Waals surface area contributed by atoms with E-state index in [4.69, 9.17) is 45.3 Å². The molecule has 9 heteroatoms. The monoisotopic (exact) mass is 575 g/mol. The first-order valence-corrected chi connectivity index (χ1v) is 14.0. The van der Waals surface area contributed by atoms with E-state index in [0.717, 1.165) is 71.2 Å². The summed E-state index contributed by atoms with van der Waals surface area (Å²) in [4.78, 5) is 0.582. The van der Waals surface area contributed by atoms with E-state index in [1.165, 1.54) is 5.56 Å². The predicted octanol–water partition coefficient (Wildman–Crippen LogP) is 7.85. The molecule has 6 rings (SSSR count). The van der Waals surface area contributed by atoms with Gasteiger partial charge in [-0.1, -0.05) is 53.6 Å². The van der Waals surface area contributed by atoms with Crippen molar-refractivity contribution in [3.05, 3.63) is 99.9 Å². The molecule has 3 aromatic carbocycles. The second kappa shape index (κ2) is 10.9.